The highest BCUT2D eigenvalue weighted by Crippen LogP contribution is 2.60. The summed E-state index contributed by atoms with van der Waals surface area (Å²) in [4.78, 5) is 0. The first-order valence-corrected chi connectivity index (χ1v) is 29.2. The second kappa shape index (κ2) is 24.5. The van der Waals surface area contributed by atoms with Gasteiger partial charge in [0.1, 0.15) is 5.75 Å². The largest absolute Gasteiger partial charge is 0.426 e. The van der Waals surface area contributed by atoms with Crippen LogP contribution in [-0.2, 0) is 28.2 Å². The highest BCUT2D eigenvalue weighted by molar-refractivity contribution is 7.42. The summed E-state index contributed by atoms with van der Waals surface area (Å²) in [5, 5.41) is 0. The van der Waals surface area contributed by atoms with Gasteiger partial charge in [0.25, 0.3) is 0 Å². The fourth-order valence-electron chi connectivity index (χ4n) is 12.5. The Balaban J connectivity index is 1.37. The van der Waals surface area contributed by atoms with Crippen molar-refractivity contribution in [2.75, 3.05) is 0 Å². The van der Waals surface area contributed by atoms with Crippen LogP contribution in [-0.4, -0.2) is 24.4 Å². The number of para-hydroxylation sites is 1. The van der Waals surface area contributed by atoms with Crippen molar-refractivity contribution in [3.05, 3.63) is 102 Å². The van der Waals surface area contributed by atoms with E-state index in [0.29, 0.717) is 76.8 Å². The second-order valence-electron chi connectivity index (χ2n) is 23.4. The van der Waals surface area contributed by atoms with Crippen LogP contribution >= 0.6 is 17.2 Å². The topological polar surface area (TPSA) is 55.4 Å². The average molecular weight is 957 g/mol. The van der Waals surface area contributed by atoms with Crippen molar-refractivity contribution in [3.63, 3.8) is 0 Å². The molecule has 3 aromatic rings. The average Bonchev–Trinajstić information content (AvgIpc) is 3.28. The highest BCUT2D eigenvalue weighted by atomic mass is 31.2. The molecule has 67 heavy (non-hydrogen) atoms. The molecule has 3 aromatic carbocycles. The molecule has 0 heterocycles. The first kappa shape index (κ1) is 52.9. The summed E-state index contributed by atoms with van der Waals surface area (Å²) in [5.74, 6) is 6.73. The van der Waals surface area contributed by atoms with Crippen molar-refractivity contribution in [1.82, 2.24) is 0 Å². The maximum atomic E-state index is 8.04. The lowest BCUT2D eigenvalue weighted by molar-refractivity contribution is -0.0262. The van der Waals surface area contributed by atoms with Crippen molar-refractivity contribution >= 4 is 17.2 Å². The molecule has 4 aliphatic rings. The monoisotopic (exact) mass is 957 g/mol. The molecule has 0 amide bonds. The first-order chi connectivity index (χ1) is 32.1. The Morgan fingerprint density at radius 2 is 0.716 bits per heavy atom. The zero-order valence-corrected chi connectivity index (χ0v) is 45.4. The smallest absolute Gasteiger partial charge is 0.397 e. The third-order valence-corrected chi connectivity index (χ3v) is 19.3. The minimum atomic E-state index is -1.92. The van der Waals surface area contributed by atoms with Gasteiger partial charge in [0, 0.05) is 5.56 Å². The fourth-order valence-corrected chi connectivity index (χ4v) is 15.5. The SMILES string of the molecule is CC(C)C1CC[C@@H](C)C[C@H]1OP(Oc1ccccc1C(OP(O[C@@H]1C[C@H](C)CC[C@H]1C(C)C)O[C@@H]1C[C@H](C)CC[C@H]1C(C)C)(c1ccccc1)c1ccccc1)O[C@@H]1C[C@H](C)CC[C@H]1C(C)C. The van der Waals surface area contributed by atoms with E-state index in [4.69, 9.17) is 27.1 Å². The molecule has 7 rings (SSSR count). The summed E-state index contributed by atoms with van der Waals surface area (Å²) < 4.78 is 45.5. The molecule has 4 fully saturated rings. The summed E-state index contributed by atoms with van der Waals surface area (Å²) in [6, 6.07) is 30.1. The Labute approximate surface area is 411 Å². The van der Waals surface area contributed by atoms with Crippen LogP contribution in [0.15, 0.2) is 84.9 Å². The standard InChI is InChI=1S/C59H90O6P2/c1-39(2)49-31-27-43(9)35-55(49)61-66(62-56-36-44(10)28-32-50(56)40(3)4)60-54-26-20-19-25-53(54)59(47-21-15-13-16-22-47,48-23-17-14-18-24-48)65-67(63-57-37-45(11)29-33-51(57)41(5)6)64-58-38-46(12)30-34-52(58)42(7)8/h13-26,39-46,49-52,55-58H,27-38H2,1-12H3/t43-,44-,45-,46-,49+,50?,51+,52+,55-,56-,57-,58-,66?/m1/s1. The van der Waals surface area contributed by atoms with Crippen LogP contribution in [0.5, 0.6) is 5.75 Å². The normalized spacial score (nSPS) is 31.5. The van der Waals surface area contributed by atoms with Crippen LogP contribution in [0.1, 0.15) is 177 Å². The molecule has 0 bridgehead atoms. The van der Waals surface area contributed by atoms with Crippen molar-refractivity contribution in [2.45, 2.75) is 190 Å². The summed E-state index contributed by atoms with van der Waals surface area (Å²) in [5.41, 5.74) is 1.73. The molecule has 0 radical (unpaired) electrons. The summed E-state index contributed by atoms with van der Waals surface area (Å²) in [6.07, 6.45) is 13.7. The van der Waals surface area contributed by atoms with Crippen LogP contribution in [0.4, 0.5) is 0 Å². The van der Waals surface area contributed by atoms with E-state index < -0.39 is 22.8 Å². The van der Waals surface area contributed by atoms with E-state index >= 15 is 0 Å². The molecule has 0 aliphatic heterocycles. The predicted molar refractivity (Wildman–Crippen MR) is 280 cm³/mol. The van der Waals surface area contributed by atoms with Crippen LogP contribution in [0.2, 0.25) is 0 Å². The maximum Gasteiger partial charge on any atom is 0.397 e. The Kier molecular flexibility index (Phi) is 19.4. The molecule has 2 unspecified atom stereocenters. The lowest BCUT2D eigenvalue weighted by Gasteiger charge is -2.44. The summed E-state index contributed by atoms with van der Waals surface area (Å²) >= 11 is 0. The number of hydrogen-bond donors (Lipinski definition) is 0. The number of rotatable bonds is 19. The van der Waals surface area contributed by atoms with E-state index in [9.17, 15) is 0 Å². The maximum absolute atomic E-state index is 8.04. The Morgan fingerprint density at radius 3 is 1.06 bits per heavy atom. The van der Waals surface area contributed by atoms with Gasteiger partial charge in [-0.25, -0.2) is 0 Å². The van der Waals surface area contributed by atoms with Crippen molar-refractivity contribution in [1.29, 1.82) is 0 Å². The Bertz CT molecular complexity index is 1800. The number of benzene rings is 3. The van der Waals surface area contributed by atoms with Crippen LogP contribution < -0.4 is 4.52 Å². The van der Waals surface area contributed by atoms with Gasteiger partial charge in [0.05, 0.1) is 24.4 Å². The summed E-state index contributed by atoms with van der Waals surface area (Å²) in [7, 11) is -3.74. The van der Waals surface area contributed by atoms with Gasteiger partial charge in [-0.1, -0.05) is 188 Å². The van der Waals surface area contributed by atoms with Crippen LogP contribution in [0.3, 0.4) is 0 Å². The molecule has 0 aromatic heterocycles. The molecule has 372 valence electrons. The van der Waals surface area contributed by atoms with Gasteiger partial charge in [-0.15, -0.1) is 0 Å². The molecule has 0 N–H and O–H groups in total. The fraction of sp³-hybridized carbons (Fsp3) is 0.695. The predicted octanol–water partition coefficient (Wildman–Crippen LogP) is 17.7. The molecule has 0 spiro atoms. The first-order valence-electron chi connectivity index (χ1n) is 27.0. The zero-order chi connectivity index (χ0) is 47.8. The molecule has 0 saturated heterocycles. The molecular weight excluding hydrogens is 867 g/mol. The van der Waals surface area contributed by atoms with E-state index in [1.165, 1.54) is 25.7 Å². The molecule has 8 heteroatoms. The Hall–Kier alpha value is -1.88. The van der Waals surface area contributed by atoms with Gasteiger partial charge in [0.2, 0.25) is 0 Å². The van der Waals surface area contributed by atoms with Gasteiger partial charge in [0.15, 0.2) is 5.60 Å². The minimum absolute atomic E-state index is 0.0253. The van der Waals surface area contributed by atoms with E-state index in [-0.39, 0.29) is 24.4 Å². The van der Waals surface area contributed by atoms with Crippen molar-refractivity contribution in [3.8, 4) is 5.75 Å². The summed E-state index contributed by atoms with van der Waals surface area (Å²) in [6.45, 7) is 28.4. The molecular formula is C59H90O6P2. The third-order valence-electron chi connectivity index (χ3n) is 16.7. The van der Waals surface area contributed by atoms with Crippen LogP contribution in [0, 0.1) is 71.0 Å². The van der Waals surface area contributed by atoms with Gasteiger partial charge < -0.3 is 13.6 Å². The van der Waals surface area contributed by atoms with Crippen LogP contribution in [0.25, 0.3) is 0 Å². The van der Waals surface area contributed by atoms with Crippen molar-refractivity contribution < 1.29 is 27.1 Å². The van der Waals surface area contributed by atoms with Gasteiger partial charge in [-0.2, -0.15) is 0 Å². The molecule has 4 saturated carbocycles. The number of hydrogen-bond acceptors (Lipinski definition) is 6. The molecule has 6 nitrogen and oxygen atoms in total. The second-order valence-corrected chi connectivity index (χ2v) is 25.5. The quantitative estimate of drug-likeness (QED) is 0.0881. The van der Waals surface area contributed by atoms with E-state index in [2.05, 4.69) is 168 Å². The van der Waals surface area contributed by atoms with Gasteiger partial charge >= 0.3 is 17.2 Å². The van der Waals surface area contributed by atoms with Gasteiger partial charge in [-0.05, 0) is 140 Å². The third kappa shape index (κ3) is 13.4. The van der Waals surface area contributed by atoms with E-state index in [0.717, 1.165) is 68.1 Å². The molecule has 13 atom stereocenters. The zero-order valence-electron chi connectivity index (χ0n) is 43.6. The van der Waals surface area contributed by atoms with E-state index in [1.54, 1.807) is 0 Å². The minimum Gasteiger partial charge on any atom is -0.426 e. The Morgan fingerprint density at radius 1 is 0.403 bits per heavy atom. The van der Waals surface area contributed by atoms with E-state index in [1.807, 2.05) is 0 Å². The lowest BCUT2D eigenvalue weighted by Crippen LogP contribution is -2.38. The highest BCUT2D eigenvalue weighted by Gasteiger charge is 2.48. The van der Waals surface area contributed by atoms with Gasteiger partial charge in [-0.3, -0.25) is 13.6 Å². The van der Waals surface area contributed by atoms with Crippen molar-refractivity contribution in [2.24, 2.45) is 71.0 Å². The lowest BCUT2D eigenvalue weighted by atomic mass is 9.75. The molecule has 4 aliphatic carbocycles.